The summed E-state index contributed by atoms with van der Waals surface area (Å²) >= 11 is 0. The van der Waals surface area contributed by atoms with Crippen LogP contribution in [0.3, 0.4) is 0 Å². The highest BCUT2D eigenvalue weighted by Crippen LogP contribution is 2.36. The number of aryl methyl sites for hydroxylation is 1. The van der Waals surface area contributed by atoms with Crippen molar-refractivity contribution in [3.63, 3.8) is 0 Å². The third-order valence-electron chi connectivity index (χ3n) is 6.08. The molecule has 184 valence electrons. The molecule has 0 radical (unpaired) electrons. The maximum atomic E-state index is 12.8. The number of aliphatic hydroxyl groups excluding tert-OH is 3. The Balaban J connectivity index is 1.86. The first-order valence-electron chi connectivity index (χ1n) is 11.4. The standard InChI is InChI=1S/C25H34F3NO4/c1-29-24(33)10-5-3-2-4-9-20-21(23(32)16-22(20)31)14-13-19(30)12-11-17-7-6-8-18(15-17)25(26,27)28/h2,4,6-8,13-15,19-23,30-32H,3,5,9-12,16H2,1H3,(H,29,33). The van der Waals surface area contributed by atoms with Crippen molar-refractivity contribution < 1.29 is 33.3 Å². The van der Waals surface area contributed by atoms with Crippen LogP contribution in [0.1, 0.15) is 49.7 Å². The number of carbonyl (C=O) groups excluding carboxylic acids is 1. The molecule has 5 unspecified atom stereocenters. The largest absolute Gasteiger partial charge is 0.416 e. The summed E-state index contributed by atoms with van der Waals surface area (Å²) in [6, 6.07) is 5.06. The van der Waals surface area contributed by atoms with E-state index in [1.807, 2.05) is 12.2 Å². The SMILES string of the molecule is CNC(=O)CCCC=CCC1C(O)CC(O)C1C=CC(O)CCc1cccc(C(F)(F)F)c1. The first-order valence-corrected chi connectivity index (χ1v) is 11.4. The molecule has 0 saturated heterocycles. The second-order valence-corrected chi connectivity index (χ2v) is 8.57. The Bertz CT molecular complexity index is 809. The Morgan fingerprint density at radius 3 is 2.70 bits per heavy atom. The van der Waals surface area contributed by atoms with E-state index < -0.39 is 30.1 Å². The predicted octanol–water partition coefficient (Wildman–Crippen LogP) is 3.78. The molecule has 5 nitrogen and oxygen atoms in total. The van der Waals surface area contributed by atoms with Crippen molar-refractivity contribution in [3.05, 3.63) is 59.7 Å². The zero-order valence-corrected chi connectivity index (χ0v) is 18.8. The minimum Gasteiger partial charge on any atom is -0.393 e. The van der Waals surface area contributed by atoms with Crippen LogP contribution >= 0.6 is 0 Å². The van der Waals surface area contributed by atoms with E-state index >= 15 is 0 Å². The van der Waals surface area contributed by atoms with Gasteiger partial charge in [0.05, 0.1) is 23.9 Å². The van der Waals surface area contributed by atoms with Gasteiger partial charge in [-0.2, -0.15) is 13.2 Å². The zero-order chi connectivity index (χ0) is 24.4. The molecular formula is C25H34F3NO4. The van der Waals surface area contributed by atoms with Gasteiger partial charge in [-0.1, -0.05) is 42.5 Å². The Hall–Kier alpha value is -2.16. The second-order valence-electron chi connectivity index (χ2n) is 8.57. The molecule has 0 aromatic heterocycles. The van der Waals surface area contributed by atoms with Crippen LogP contribution in [0.25, 0.3) is 0 Å². The monoisotopic (exact) mass is 469 g/mol. The fourth-order valence-corrected chi connectivity index (χ4v) is 4.15. The summed E-state index contributed by atoms with van der Waals surface area (Å²) in [7, 11) is 1.60. The summed E-state index contributed by atoms with van der Waals surface area (Å²) < 4.78 is 38.5. The summed E-state index contributed by atoms with van der Waals surface area (Å²) in [5, 5.41) is 33.5. The summed E-state index contributed by atoms with van der Waals surface area (Å²) in [6.07, 6.45) is 3.80. The van der Waals surface area contributed by atoms with Gasteiger partial charge in [-0.3, -0.25) is 4.79 Å². The lowest BCUT2D eigenvalue weighted by atomic mass is 9.89. The van der Waals surface area contributed by atoms with Gasteiger partial charge in [-0.25, -0.2) is 0 Å². The summed E-state index contributed by atoms with van der Waals surface area (Å²) in [5.74, 6) is -0.518. The number of unbranched alkanes of at least 4 members (excludes halogenated alkanes) is 1. The van der Waals surface area contributed by atoms with Gasteiger partial charge in [0, 0.05) is 25.8 Å². The van der Waals surface area contributed by atoms with E-state index in [9.17, 15) is 33.3 Å². The van der Waals surface area contributed by atoms with E-state index in [-0.39, 0.29) is 37.0 Å². The Labute approximate surface area is 193 Å². The highest BCUT2D eigenvalue weighted by atomic mass is 19.4. The van der Waals surface area contributed by atoms with Gasteiger partial charge in [-0.05, 0) is 49.7 Å². The Kier molecular flexibility index (Phi) is 10.6. The van der Waals surface area contributed by atoms with Crippen molar-refractivity contribution in [3.8, 4) is 0 Å². The number of carbonyl (C=O) groups is 1. The minimum atomic E-state index is -4.40. The Morgan fingerprint density at radius 2 is 2.00 bits per heavy atom. The van der Waals surface area contributed by atoms with Crippen molar-refractivity contribution in [1.29, 1.82) is 0 Å². The van der Waals surface area contributed by atoms with Crippen LogP contribution in [0.2, 0.25) is 0 Å². The van der Waals surface area contributed by atoms with Crippen LogP contribution in [0.15, 0.2) is 48.6 Å². The normalized spacial score (nSPS) is 24.6. The average Bonchev–Trinajstić information content (AvgIpc) is 3.04. The van der Waals surface area contributed by atoms with E-state index in [1.165, 1.54) is 6.07 Å². The fraction of sp³-hybridized carbons (Fsp3) is 0.560. The van der Waals surface area contributed by atoms with Crippen molar-refractivity contribution in [1.82, 2.24) is 5.32 Å². The molecule has 33 heavy (non-hydrogen) atoms. The van der Waals surface area contributed by atoms with Crippen LogP contribution < -0.4 is 5.32 Å². The number of aliphatic hydroxyl groups is 3. The van der Waals surface area contributed by atoms with Crippen LogP contribution in [0.4, 0.5) is 13.2 Å². The molecule has 0 spiro atoms. The molecule has 4 N–H and O–H groups in total. The number of alkyl halides is 3. The number of benzene rings is 1. The molecule has 0 aliphatic heterocycles. The first kappa shape index (κ1) is 27.1. The molecule has 5 atom stereocenters. The molecule has 1 aliphatic carbocycles. The molecule has 8 heteroatoms. The molecule has 0 heterocycles. The molecular weight excluding hydrogens is 435 g/mol. The lowest BCUT2D eigenvalue weighted by Gasteiger charge is -2.19. The number of hydrogen-bond acceptors (Lipinski definition) is 4. The van der Waals surface area contributed by atoms with E-state index in [2.05, 4.69) is 5.32 Å². The van der Waals surface area contributed by atoms with E-state index in [4.69, 9.17) is 0 Å². The van der Waals surface area contributed by atoms with Crippen LogP contribution in [0, 0.1) is 11.8 Å². The third kappa shape index (κ3) is 8.95. The topological polar surface area (TPSA) is 89.8 Å². The average molecular weight is 470 g/mol. The smallest absolute Gasteiger partial charge is 0.393 e. The minimum absolute atomic E-state index is 0.00504. The molecule has 1 amide bonds. The molecule has 1 aromatic carbocycles. The number of hydrogen-bond donors (Lipinski definition) is 4. The highest BCUT2D eigenvalue weighted by Gasteiger charge is 2.39. The molecule has 2 rings (SSSR count). The number of rotatable bonds is 11. The zero-order valence-electron chi connectivity index (χ0n) is 18.8. The van der Waals surface area contributed by atoms with Crippen LogP contribution in [-0.4, -0.2) is 46.6 Å². The highest BCUT2D eigenvalue weighted by molar-refractivity contribution is 5.75. The van der Waals surface area contributed by atoms with Crippen LogP contribution in [0.5, 0.6) is 0 Å². The fourth-order valence-electron chi connectivity index (χ4n) is 4.15. The van der Waals surface area contributed by atoms with Crippen molar-refractivity contribution in [2.24, 2.45) is 11.8 Å². The maximum Gasteiger partial charge on any atom is 0.416 e. The van der Waals surface area contributed by atoms with E-state index in [0.29, 0.717) is 18.4 Å². The number of halogens is 3. The van der Waals surface area contributed by atoms with Gasteiger partial charge in [0.1, 0.15) is 0 Å². The quantitative estimate of drug-likeness (QED) is 0.293. The Morgan fingerprint density at radius 1 is 1.24 bits per heavy atom. The van der Waals surface area contributed by atoms with E-state index in [1.54, 1.807) is 25.3 Å². The van der Waals surface area contributed by atoms with Gasteiger partial charge in [0.2, 0.25) is 5.91 Å². The number of amides is 1. The lowest BCUT2D eigenvalue weighted by Crippen LogP contribution is -2.20. The lowest BCUT2D eigenvalue weighted by molar-refractivity contribution is -0.137. The second kappa shape index (κ2) is 12.9. The van der Waals surface area contributed by atoms with E-state index in [0.717, 1.165) is 25.0 Å². The molecule has 1 aromatic rings. The van der Waals surface area contributed by atoms with Gasteiger partial charge >= 0.3 is 6.18 Å². The summed E-state index contributed by atoms with van der Waals surface area (Å²) in [5.41, 5.74) is -0.217. The maximum absolute atomic E-state index is 12.8. The number of nitrogens with one attached hydrogen (secondary N) is 1. The summed E-state index contributed by atoms with van der Waals surface area (Å²) in [6.45, 7) is 0. The third-order valence-corrected chi connectivity index (χ3v) is 6.08. The molecule has 1 aliphatic rings. The van der Waals surface area contributed by atoms with Crippen molar-refractivity contribution in [2.75, 3.05) is 7.05 Å². The predicted molar refractivity (Wildman–Crippen MR) is 120 cm³/mol. The van der Waals surface area contributed by atoms with Gasteiger partial charge in [-0.15, -0.1) is 0 Å². The van der Waals surface area contributed by atoms with Crippen molar-refractivity contribution >= 4 is 5.91 Å². The molecule has 1 saturated carbocycles. The molecule has 1 fully saturated rings. The van der Waals surface area contributed by atoms with Crippen LogP contribution in [-0.2, 0) is 17.4 Å². The number of allylic oxidation sites excluding steroid dienone is 2. The van der Waals surface area contributed by atoms with Gasteiger partial charge in [0.15, 0.2) is 0 Å². The van der Waals surface area contributed by atoms with Gasteiger partial charge in [0.25, 0.3) is 0 Å². The summed E-state index contributed by atoms with van der Waals surface area (Å²) in [4.78, 5) is 11.2. The first-order chi connectivity index (χ1) is 15.6. The molecule has 0 bridgehead atoms. The van der Waals surface area contributed by atoms with Crippen molar-refractivity contribution in [2.45, 2.75) is 69.4 Å². The van der Waals surface area contributed by atoms with Gasteiger partial charge < -0.3 is 20.6 Å².